The van der Waals surface area contributed by atoms with E-state index in [1.54, 1.807) is 7.11 Å². The first-order chi connectivity index (χ1) is 7.77. The maximum absolute atomic E-state index is 6.04. The predicted octanol–water partition coefficient (Wildman–Crippen LogP) is 1.39. The Bertz CT molecular complexity index is 355. The molecule has 0 bridgehead atoms. The molecule has 4 nitrogen and oxygen atoms in total. The van der Waals surface area contributed by atoms with Gasteiger partial charge in [0.05, 0.1) is 13.2 Å². The molecule has 0 amide bonds. The molecule has 0 aliphatic rings. The minimum atomic E-state index is 0.577. The smallest absolute Gasteiger partial charge is 0.115 e. The molecule has 0 aliphatic carbocycles. The summed E-state index contributed by atoms with van der Waals surface area (Å²) in [6.45, 7) is 1.16. The Morgan fingerprint density at radius 2 is 2.25 bits per heavy atom. The van der Waals surface area contributed by atoms with Crippen molar-refractivity contribution in [1.82, 2.24) is 5.43 Å². The van der Waals surface area contributed by atoms with Crippen LogP contribution in [0.5, 0.6) is 0 Å². The maximum Gasteiger partial charge on any atom is 0.115 e. The van der Waals surface area contributed by atoms with Crippen molar-refractivity contribution < 1.29 is 4.74 Å². The van der Waals surface area contributed by atoms with Crippen LogP contribution in [0.25, 0.3) is 0 Å². The third kappa shape index (κ3) is 4.18. The fourth-order valence-electron chi connectivity index (χ4n) is 1.25. The number of halogens is 1. The monoisotopic (exact) mass is 241 g/mol. The number of hydrazine groups is 1. The van der Waals surface area contributed by atoms with Gasteiger partial charge in [0.25, 0.3) is 0 Å². The largest absolute Gasteiger partial charge is 0.383 e. The lowest BCUT2D eigenvalue weighted by atomic mass is 10.1. The van der Waals surface area contributed by atoms with Gasteiger partial charge in [-0.05, 0) is 11.6 Å². The molecular weight excluding hydrogens is 226 g/mol. The highest BCUT2D eigenvalue weighted by Crippen LogP contribution is 2.15. The second kappa shape index (κ2) is 7.22. The summed E-state index contributed by atoms with van der Waals surface area (Å²) in [6, 6.07) is 7.62. The number of rotatable bonds is 5. The van der Waals surface area contributed by atoms with Crippen molar-refractivity contribution in [2.24, 2.45) is 10.8 Å². The van der Waals surface area contributed by atoms with E-state index in [2.05, 4.69) is 10.4 Å². The van der Waals surface area contributed by atoms with Crippen LogP contribution in [0.15, 0.2) is 29.3 Å². The molecule has 0 atom stereocenters. The normalized spacial score (nSPS) is 11.6. The van der Waals surface area contributed by atoms with E-state index >= 15 is 0 Å². The Kier molecular flexibility index (Phi) is 5.85. The highest BCUT2D eigenvalue weighted by molar-refractivity contribution is 6.31. The number of ether oxygens (including phenoxy) is 1. The van der Waals surface area contributed by atoms with Gasteiger partial charge in [-0.25, -0.2) is 5.84 Å². The van der Waals surface area contributed by atoms with Crippen LogP contribution in [0.1, 0.15) is 5.56 Å². The molecule has 16 heavy (non-hydrogen) atoms. The van der Waals surface area contributed by atoms with Gasteiger partial charge >= 0.3 is 0 Å². The lowest BCUT2D eigenvalue weighted by Crippen LogP contribution is -2.32. The summed E-state index contributed by atoms with van der Waals surface area (Å²) in [6.07, 6.45) is 0.597. The van der Waals surface area contributed by atoms with Crippen molar-refractivity contribution in [1.29, 1.82) is 0 Å². The summed E-state index contributed by atoms with van der Waals surface area (Å²) in [4.78, 5) is 4.27. The zero-order chi connectivity index (χ0) is 11.8. The predicted molar refractivity (Wildman–Crippen MR) is 66.7 cm³/mol. The molecule has 0 spiro atoms. The number of hydrogen-bond acceptors (Lipinski definition) is 3. The summed E-state index contributed by atoms with van der Waals surface area (Å²) in [7, 11) is 1.64. The van der Waals surface area contributed by atoms with E-state index in [0.717, 1.165) is 10.6 Å². The van der Waals surface area contributed by atoms with E-state index < -0.39 is 0 Å². The van der Waals surface area contributed by atoms with Crippen molar-refractivity contribution >= 4 is 17.4 Å². The van der Waals surface area contributed by atoms with Crippen molar-refractivity contribution in [3.63, 3.8) is 0 Å². The average molecular weight is 242 g/mol. The van der Waals surface area contributed by atoms with Crippen LogP contribution < -0.4 is 11.3 Å². The van der Waals surface area contributed by atoms with E-state index in [9.17, 15) is 0 Å². The van der Waals surface area contributed by atoms with Gasteiger partial charge in [-0.2, -0.15) is 0 Å². The number of amidine groups is 1. The first-order valence-corrected chi connectivity index (χ1v) is 5.38. The summed E-state index contributed by atoms with van der Waals surface area (Å²) in [5, 5.41) is 0.720. The summed E-state index contributed by atoms with van der Waals surface area (Å²) >= 11 is 6.04. The zero-order valence-electron chi connectivity index (χ0n) is 9.24. The van der Waals surface area contributed by atoms with Crippen LogP contribution in [0.3, 0.4) is 0 Å². The van der Waals surface area contributed by atoms with Gasteiger partial charge < -0.3 is 10.2 Å². The van der Waals surface area contributed by atoms with Crippen molar-refractivity contribution in [3.05, 3.63) is 34.9 Å². The SMILES string of the molecule is COCCN=C(Cc1ccccc1Cl)NN. The second-order valence-corrected chi connectivity index (χ2v) is 3.64. The number of methoxy groups -OCH3 is 1. The van der Waals surface area contributed by atoms with Gasteiger partial charge in [0.1, 0.15) is 5.84 Å². The molecule has 3 N–H and O–H groups in total. The van der Waals surface area contributed by atoms with Crippen LogP contribution in [0, 0.1) is 0 Å². The molecule has 0 saturated heterocycles. The Balaban J connectivity index is 2.63. The van der Waals surface area contributed by atoms with Gasteiger partial charge in [0.2, 0.25) is 0 Å². The van der Waals surface area contributed by atoms with Crippen LogP contribution in [0.2, 0.25) is 5.02 Å². The molecule has 0 unspecified atom stereocenters. The molecule has 0 fully saturated rings. The lowest BCUT2D eigenvalue weighted by Gasteiger charge is -2.07. The van der Waals surface area contributed by atoms with E-state index in [-0.39, 0.29) is 0 Å². The first kappa shape index (κ1) is 13.0. The molecule has 0 aromatic heterocycles. The minimum absolute atomic E-state index is 0.577. The number of hydrogen-bond donors (Lipinski definition) is 2. The van der Waals surface area contributed by atoms with Gasteiger partial charge in [-0.15, -0.1) is 0 Å². The first-order valence-electron chi connectivity index (χ1n) is 5.00. The Hall–Kier alpha value is -1.10. The topological polar surface area (TPSA) is 59.6 Å². The standard InChI is InChI=1S/C11H16ClN3O/c1-16-7-6-14-11(15-13)8-9-4-2-3-5-10(9)12/h2-5H,6-8,13H2,1H3,(H,14,15). The van der Waals surface area contributed by atoms with Crippen molar-refractivity contribution in [2.75, 3.05) is 20.3 Å². The fourth-order valence-corrected chi connectivity index (χ4v) is 1.45. The molecule has 0 heterocycles. The van der Waals surface area contributed by atoms with Gasteiger partial charge in [-0.1, -0.05) is 29.8 Å². The van der Waals surface area contributed by atoms with Gasteiger partial charge in [0.15, 0.2) is 0 Å². The summed E-state index contributed by atoms with van der Waals surface area (Å²) in [5.74, 6) is 6.09. The van der Waals surface area contributed by atoms with Crippen LogP contribution in [-0.4, -0.2) is 26.1 Å². The van der Waals surface area contributed by atoms with Gasteiger partial charge in [-0.3, -0.25) is 4.99 Å². The molecule has 5 heteroatoms. The second-order valence-electron chi connectivity index (χ2n) is 3.23. The summed E-state index contributed by atoms with van der Waals surface area (Å²) < 4.78 is 4.91. The fraction of sp³-hybridized carbons (Fsp3) is 0.364. The molecule has 88 valence electrons. The van der Waals surface area contributed by atoms with Crippen LogP contribution in [0.4, 0.5) is 0 Å². The number of nitrogens with zero attached hydrogens (tertiary/aromatic N) is 1. The minimum Gasteiger partial charge on any atom is -0.383 e. The van der Waals surface area contributed by atoms with E-state index in [4.69, 9.17) is 22.2 Å². The third-order valence-electron chi connectivity index (χ3n) is 2.08. The van der Waals surface area contributed by atoms with Crippen molar-refractivity contribution in [2.45, 2.75) is 6.42 Å². The molecule has 0 saturated carbocycles. The number of benzene rings is 1. The van der Waals surface area contributed by atoms with Crippen LogP contribution >= 0.6 is 11.6 Å². The number of aliphatic imine (C=N–C) groups is 1. The molecule has 0 radical (unpaired) electrons. The summed E-state index contributed by atoms with van der Waals surface area (Å²) in [5.41, 5.74) is 3.57. The van der Waals surface area contributed by atoms with E-state index in [1.807, 2.05) is 24.3 Å². The molecular formula is C11H16ClN3O. The molecule has 0 aliphatic heterocycles. The molecule has 1 aromatic rings. The highest BCUT2D eigenvalue weighted by Gasteiger charge is 2.03. The Labute approximate surface area is 100 Å². The van der Waals surface area contributed by atoms with E-state index in [1.165, 1.54) is 0 Å². The van der Waals surface area contributed by atoms with Crippen LogP contribution in [-0.2, 0) is 11.2 Å². The average Bonchev–Trinajstić information content (AvgIpc) is 2.30. The molecule has 1 rings (SSSR count). The number of nitrogens with two attached hydrogens (primary N) is 1. The zero-order valence-corrected chi connectivity index (χ0v) is 10.00. The molecule has 1 aromatic carbocycles. The maximum atomic E-state index is 6.04. The van der Waals surface area contributed by atoms with Crippen molar-refractivity contribution in [3.8, 4) is 0 Å². The Morgan fingerprint density at radius 3 is 2.88 bits per heavy atom. The quantitative estimate of drug-likeness (QED) is 0.269. The van der Waals surface area contributed by atoms with E-state index in [0.29, 0.717) is 25.4 Å². The third-order valence-corrected chi connectivity index (χ3v) is 2.45. The van der Waals surface area contributed by atoms with Gasteiger partial charge in [0, 0.05) is 18.6 Å². The highest BCUT2D eigenvalue weighted by atomic mass is 35.5. The number of nitrogens with one attached hydrogen (secondary N) is 1. The Morgan fingerprint density at radius 1 is 1.50 bits per heavy atom. The lowest BCUT2D eigenvalue weighted by molar-refractivity contribution is 0.208.